The maximum absolute atomic E-state index is 12.5. The number of hydrogen-bond acceptors (Lipinski definition) is 6. The van der Waals surface area contributed by atoms with E-state index in [9.17, 15) is 14.4 Å². The van der Waals surface area contributed by atoms with E-state index >= 15 is 0 Å². The Morgan fingerprint density at radius 1 is 1.03 bits per heavy atom. The van der Waals surface area contributed by atoms with Crippen LogP contribution >= 0.6 is 11.3 Å². The number of para-hydroxylation sites is 1. The minimum Gasteiger partial charge on any atom is -0.289 e. The van der Waals surface area contributed by atoms with Crippen LogP contribution < -0.4 is 16.4 Å². The van der Waals surface area contributed by atoms with Crippen LogP contribution in [0, 0.1) is 6.92 Å². The first-order valence-electron chi connectivity index (χ1n) is 9.09. The number of amides is 2. The molecule has 8 nitrogen and oxygen atoms in total. The summed E-state index contributed by atoms with van der Waals surface area (Å²) in [5.74, 6) is -1.02. The van der Waals surface area contributed by atoms with Gasteiger partial charge in [-0.3, -0.25) is 29.8 Å². The zero-order chi connectivity index (χ0) is 21.1. The topological polar surface area (TPSA) is 106 Å². The number of aryl methyl sites for hydroxylation is 1. The highest BCUT2D eigenvalue weighted by molar-refractivity contribution is 7.17. The summed E-state index contributed by atoms with van der Waals surface area (Å²) in [6.07, 6.45) is 1.31. The SMILES string of the molecule is Cc1nc(-c2ccccc2)sc1C(=O)NNC(=O)Cn1cnc2ccccc2c1=O. The zero-order valence-electron chi connectivity index (χ0n) is 16.0. The second-order valence-electron chi connectivity index (χ2n) is 6.50. The summed E-state index contributed by atoms with van der Waals surface area (Å²) in [5, 5.41) is 1.14. The molecule has 2 aromatic carbocycles. The molecule has 150 valence electrons. The maximum Gasteiger partial charge on any atom is 0.281 e. The molecular formula is C21H17N5O3S. The highest BCUT2D eigenvalue weighted by atomic mass is 32.1. The Bertz CT molecular complexity index is 1300. The van der Waals surface area contributed by atoms with Crippen molar-refractivity contribution in [1.82, 2.24) is 25.4 Å². The van der Waals surface area contributed by atoms with Gasteiger partial charge >= 0.3 is 0 Å². The molecule has 0 unspecified atom stereocenters. The van der Waals surface area contributed by atoms with Gasteiger partial charge < -0.3 is 0 Å². The Morgan fingerprint density at radius 2 is 1.77 bits per heavy atom. The Hall–Kier alpha value is -3.85. The number of hydrogen-bond donors (Lipinski definition) is 2. The van der Waals surface area contributed by atoms with Gasteiger partial charge in [0.15, 0.2) is 0 Å². The summed E-state index contributed by atoms with van der Waals surface area (Å²) < 4.78 is 1.19. The van der Waals surface area contributed by atoms with Crippen molar-refractivity contribution < 1.29 is 9.59 Å². The number of benzene rings is 2. The molecular weight excluding hydrogens is 402 g/mol. The first-order chi connectivity index (χ1) is 14.5. The molecule has 0 aliphatic rings. The van der Waals surface area contributed by atoms with E-state index < -0.39 is 11.8 Å². The summed E-state index contributed by atoms with van der Waals surface area (Å²) in [5.41, 5.74) is 6.43. The fraction of sp³-hybridized carbons (Fsp3) is 0.0952. The molecule has 0 atom stereocenters. The minimum atomic E-state index is -0.548. The van der Waals surface area contributed by atoms with Gasteiger partial charge in [0.1, 0.15) is 16.4 Å². The van der Waals surface area contributed by atoms with Gasteiger partial charge in [0.25, 0.3) is 17.4 Å². The lowest BCUT2D eigenvalue weighted by Crippen LogP contribution is -2.44. The number of nitrogens with one attached hydrogen (secondary N) is 2. The summed E-state index contributed by atoms with van der Waals surface area (Å²) in [7, 11) is 0. The molecule has 2 aromatic heterocycles. The third-order valence-electron chi connectivity index (χ3n) is 4.38. The smallest absolute Gasteiger partial charge is 0.281 e. The molecule has 4 aromatic rings. The van der Waals surface area contributed by atoms with Crippen molar-refractivity contribution in [3.05, 3.63) is 81.8 Å². The molecule has 0 saturated heterocycles. The number of rotatable bonds is 4. The average Bonchev–Trinajstić information content (AvgIpc) is 3.16. The summed E-state index contributed by atoms with van der Waals surface area (Å²) in [4.78, 5) is 46.2. The summed E-state index contributed by atoms with van der Waals surface area (Å²) in [6, 6.07) is 16.4. The van der Waals surface area contributed by atoms with Crippen LogP contribution in [0.5, 0.6) is 0 Å². The lowest BCUT2D eigenvalue weighted by molar-refractivity contribution is -0.122. The normalized spacial score (nSPS) is 10.7. The molecule has 9 heteroatoms. The predicted octanol–water partition coefficient (Wildman–Crippen LogP) is 2.29. The fourth-order valence-electron chi connectivity index (χ4n) is 2.91. The maximum atomic E-state index is 12.5. The number of hydrazine groups is 1. The number of fused-ring (bicyclic) bond motifs is 1. The Balaban J connectivity index is 1.42. The van der Waals surface area contributed by atoms with E-state index in [2.05, 4.69) is 20.8 Å². The van der Waals surface area contributed by atoms with Gasteiger partial charge in [-0.25, -0.2) is 9.97 Å². The van der Waals surface area contributed by atoms with Gasteiger partial charge in [0.05, 0.1) is 22.9 Å². The molecule has 0 saturated carbocycles. The molecule has 0 radical (unpaired) electrons. The van der Waals surface area contributed by atoms with Crippen molar-refractivity contribution in [3.8, 4) is 10.6 Å². The summed E-state index contributed by atoms with van der Waals surface area (Å²) >= 11 is 1.24. The standard InChI is InChI=1S/C21H17N5O3S/c1-13-18(30-20(23-13)14-7-3-2-4-8-14)19(28)25-24-17(27)11-26-12-22-16-10-6-5-9-15(16)21(26)29/h2-10,12H,11H2,1H3,(H,24,27)(H,25,28). The van der Waals surface area contributed by atoms with E-state index in [-0.39, 0.29) is 12.1 Å². The van der Waals surface area contributed by atoms with E-state index in [0.29, 0.717) is 21.5 Å². The number of aromatic nitrogens is 3. The molecule has 2 N–H and O–H groups in total. The van der Waals surface area contributed by atoms with E-state index in [0.717, 1.165) is 10.6 Å². The molecule has 0 aliphatic carbocycles. The average molecular weight is 419 g/mol. The highest BCUT2D eigenvalue weighted by Crippen LogP contribution is 2.27. The quantitative estimate of drug-likeness (QED) is 0.494. The van der Waals surface area contributed by atoms with Crippen molar-refractivity contribution >= 4 is 34.1 Å². The van der Waals surface area contributed by atoms with Gasteiger partial charge in [-0.2, -0.15) is 0 Å². The van der Waals surface area contributed by atoms with E-state index in [1.54, 1.807) is 31.2 Å². The van der Waals surface area contributed by atoms with Crippen LogP contribution in [0.2, 0.25) is 0 Å². The molecule has 4 rings (SSSR count). The third-order valence-corrected chi connectivity index (χ3v) is 5.59. The second kappa shape index (κ2) is 8.26. The van der Waals surface area contributed by atoms with Gasteiger partial charge in [-0.15, -0.1) is 11.3 Å². The zero-order valence-corrected chi connectivity index (χ0v) is 16.8. The van der Waals surface area contributed by atoms with E-state index in [1.165, 1.54) is 22.2 Å². The van der Waals surface area contributed by atoms with E-state index in [1.807, 2.05) is 30.3 Å². The number of carbonyl (C=O) groups is 2. The first-order valence-corrected chi connectivity index (χ1v) is 9.91. The molecule has 30 heavy (non-hydrogen) atoms. The van der Waals surface area contributed by atoms with Gasteiger partial charge in [0, 0.05) is 5.56 Å². The van der Waals surface area contributed by atoms with Crippen LogP contribution in [0.25, 0.3) is 21.5 Å². The number of nitrogens with zero attached hydrogens (tertiary/aromatic N) is 3. The van der Waals surface area contributed by atoms with Gasteiger partial charge in [-0.1, -0.05) is 42.5 Å². The van der Waals surface area contributed by atoms with Crippen LogP contribution in [0.1, 0.15) is 15.4 Å². The van der Waals surface area contributed by atoms with Crippen LogP contribution in [-0.4, -0.2) is 26.3 Å². The third kappa shape index (κ3) is 3.96. The van der Waals surface area contributed by atoms with Crippen molar-refractivity contribution in [1.29, 1.82) is 0 Å². The van der Waals surface area contributed by atoms with Crippen LogP contribution in [0.3, 0.4) is 0 Å². The largest absolute Gasteiger partial charge is 0.289 e. The lowest BCUT2D eigenvalue weighted by atomic mass is 10.2. The van der Waals surface area contributed by atoms with E-state index in [4.69, 9.17) is 0 Å². The monoisotopic (exact) mass is 419 g/mol. The van der Waals surface area contributed by atoms with Crippen LogP contribution in [-0.2, 0) is 11.3 Å². The molecule has 0 spiro atoms. The Morgan fingerprint density at radius 3 is 2.57 bits per heavy atom. The molecule has 0 aliphatic heterocycles. The number of thiazole rings is 1. The van der Waals surface area contributed by atoms with Crippen molar-refractivity contribution in [2.45, 2.75) is 13.5 Å². The lowest BCUT2D eigenvalue weighted by Gasteiger charge is -2.08. The van der Waals surface area contributed by atoms with Gasteiger partial charge in [0.2, 0.25) is 0 Å². The number of carbonyl (C=O) groups excluding carboxylic acids is 2. The van der Waals surface area contributed by atoms with Crippen LogP contribution in [0.15, 0.2) is 65.7 Å². The highest BCUT2D eigenvalue weighted by Gasteiger charge is 2.17. The molecule has 0 fully saturated rings. The molecule has 0 bridgehead atoms. The van der Waals surface area contributed by atoms with Crippen LogP contribution in [0.4, 0.5) is 0 Å². The Kier molecular flexibility index (Phi) is 5.36. The summed E-state index contributed by atoms with van der Waals surface area (Å²) in [6.45, 7) is 1.47. The first kappa shape index (κ1) is 19.5. The minimum absolute atomic E-state index is 0.270. The fourth-order valence-corrected chi connectivity index (χ4v) is 3.87. The second-order valence-corrected chi connectivity index (χ2v) is 7.50. The van der Waals surface area contributed by atoms with Gasteiger partial charge in [-0.05, 0) is 19.1 Å². The van der Waals surface area contributed by atoms with Crippen molar-refractivity contribution in [2.75, 3.05) is 0 Å². The molecule has 2 amide bonds. The Labute approximate surface area is 175 Å². The molecule has 2 heterocycles. The predicted molar refractivity (Wildman–Crippen MR) is 114 cm³/mol. The van der Waals surface area contributed by atoms with Crippen molar-refractivity contribution in [3.63, 3.8) is 0 Å². The van der Waals surface area contributed by atoms with Crippen molar-refractivity contribution in [2.24, 2.45) is 0 Å².